The van der Waals surface area contributed by atoms with Crippen LogP contribution in [0.5, 0.6) is 0 Å². The van der Waals surface area contributed by atoms with E-state index in [0.717, 1.165) is 0 Å². The molecule has 0 spiro atoms. The standard InChI is InChI=1S/C30H26N2O6S2/c1-3-11-23-17-16-22-19-24(20-12-7-5-8-13-20)26-25(21-14-9-6-10-15-21)29(39(33,34)35)30(18-4-2,40(36,37)38)32-28(26)27(22)31-23/h3-10,12-17,19,32H,1-2,11,18H2,(H,33,34,35)(H,36,37,38). The molecule has 0 saturated carbocycles. The maximum Gasteiger partial charge on any atom is 0.294 e. The predicted molar refractivity (Wildman–Crippen MR) is 158 cm³/mol. The van der Waals surface area contributed by atoms with Crippen molar-refractivity contribution in [3.63, 3.8) is 0 Å². The Hall–Kier alpha value is -4.09. The smallest absolute Gasteiger partial charge is 0.294 e. The van der Waals surface area contributed by atoms with Gasteiger partial charge in [-0.1, -0.05) is 78.9 Å². The van der Waals surface area contributed by atoms with Crippen molar-refractivity contribution in [3.05, 3.63) is 126 Å². The lowest BCUT2D eigenvalue weighted by Crippen LogP contribution is -2.52. The number of allylic oxidation sites excluding steroid dienone is 1. The van der Waals surface area contributed by atoms with Crippen LogP contribution < -0.4 is 5.32 Å². The number of hydrogen-bond donors (Lipinski definition) is 3. The number of rotatable bonds is 8. The molecule has 0 bridgehead atoms. The Morgan fingerprint density at radius 2 is 1.48 bits per heavy atom. The molecule has 40 heavy (non-hydrogen) atoms. The molecule has 0 radical (unpaired) electrons. The SMILES string of the molecule is C=CCc1ccc2cc(-c3ccccc3)c3c(c2n1)NC(CC=C)(S(=O)(=O)O)C(S(=O)(=O)O)=C3c1ccccc1. The molecule has 0 saturated heterocycles. The molecule has 1 aliphatic rings. The zero-order valence-corrected chi connectivity index (χ0v) is 22.9. The zero-order valence-electron chi connectivity index (χ0n) is 21.3. The molecule has 0 fully saturated rings. The summed E-state index contributed by atoms with van der Waals surface area (Å²) >= 11 is 0. The normalized spacial score (nSPS) is 17.2. The van der Waals surface area contributed by atoms with Gasteiger partial charge < -0.3 is 5.32 Å². The maximum absolute atomic E-state index is 13.2. The third-order valence-corrected chi connectivity index (χ3v) is 9.39. The van der Waals surface area contributed by atoms with Crippen LogP contribution >= 0.6 is 0 Å². The van der Waals surface area contributed by atoms with Gasteiger partial charge in [0.05, 0.1) is 11.2 Å². The molecule has 1 unspecified atom stereocenters. The van der Waals surface area contributed by atoms with Gasteiger partial charge in [0, 0.05) is 35.1 Å². The van der Waals surface area contributed by atoms with Crippen molar-refractivity contribution in [2.24, 2.45) is 0 Å². The van der Waals surface area contributed by atoms with Crippen molar-refractivity contribution >= 4 is 42.4 Å². The second-order valence-electron chi connectivity index (χ2n) is 9.37. The number of pyridine rings is 1. The van der Waals surface area contributed by atoms with Gasteiger partial charge in [0.15, 0.2) is 0 Å². The molecular weight excluding hydrogens is 548 g/mol. The molecule has 0 aliphatic carbocycles. The highest BCUT2D eigenvalue weighted by Crippen LogP contribution is 2.52. The van der Waals surface area contributed by atoms with Gasteiger partial charge in [0.25, 0.3) is 20.2 Å². The lowest BCUT2D eigenvalue weighted by molar-refractivity contribution is 0.445. The van der Waals surface area contributed by atoms with Crippen LogP contribution in [0, 0.1) is 0 Å². The van der Waals surface area contributed by atoms with E-state index in [1.807, 2.05) is 48.5 Å². The second kappa shape index (κ2) is 10.1. The summed E-state index contributed by atoms with van der Waals surface area (Å²) in [6.07, 6.45) is 2.69. The number of nitrogens with zero attached hydrogens (tertiary/aromatic N) is 1. The van der Waals surface area contributed by atoms with Crippen LogP contribution in [0.25, 0.3) is 27.6 Å². The summed E-state index contributed by atoms with van der Waals surface area (Å²) in [7, 11) is -10.5. The molecule has 1 aromatic heterocycles. The minimum atomic E-state index is -5.26. The van der Waals surface area contributed by atoms with E-state index in [4.69, 9.17) is 4.98 Å². The Kier molecular flexibility index (Phi) is 6.97. The van der Waals surface area contributed by atoms with Crippen molar-refractivity contribution in [1.82, 2.24) is 4.98 Å². The van der Waals surface area contributed by atoms with E-state index < -0.39 is 36.4 Å². The zero-order chi connectivity index (χ0) is 28.7. The average Bonchev–Trinajstić information content (AvgIpc) is 2.92. The number of aromatic nitrogens is 1. The largest absolute Gasteiger partial charge is 0.358 e. The first-order valence-corrected chi connectivity index (χ1v) is 15.2. The number of fused-ring (bicyclic) bond motifs is 3. The number of nitrogens with one attached hydrogen (secondary N) is 1. The molecule has 8 nitrogen and oxygen atoms in total. The van der Waals surface area contributed by atoms with E-state index in [-0.39, 0.29) is 11.3 Å². The van der Waals surface area contributed by atoms with Crippen LogP contribution in [0.1, 0.15) is 23.2 Å². The average molecular weight is 575 g/mol. The minimum Gasteiger partial charge on any atom is -0.358 e. The van der Waals surface area contributed by atoms with Gasteiger partial charge in [-0.2, -0.15) is 16.8 Å². The van der Waals surface area contributed by atoms with Crippen LogP contribution in [0.2, 0.25) is 0 Å². The van der Waals surface area contributed by atoms with Gasteiger partial charge in [0.2, 0.25) is 4.87 Å². The summed E-state index contributed by atoms with van der Waals surface area (Å²) in [5.41, 5.74) is 3.01. The van der Waals surface area contributed by atoms with Crippen molar-refractivity contribution in [2.75, 3.05) is 5.32 Å². The first kappa shape index (κ1) is 27.5. The molecule has 1 atom stereocenters. The van der Waals surface area contributed by atoms with Gasteiger partial charge >= 0.3 is 0 Å². The Labute approximate surface area is 232 Å². The van der Waals surface area contributed by atoms with Gasteiger partial charge in [-0.3, -0.25) is 14.1 Å². The lowest BCUT2D eigenvalue weighted by atomic mass is 9.83. The highest BCUT2D eigenvalue weighted by atomic mass is 32.2. The number of hydrogen-bond acceptors (Lipinski definition) is 6. The summed E-state index contributed by atoms with van der Waals surface area (Å²) in [4.78, 5) is 1.17. The second-order valence-corrected chi connectivity index (χ2v) is 12.4. The van der Waals surface area contributed by atoms with Crippen LogP contribution in [0.15, 0.2) is 109 Å². The van der Waals surface area contributed by atoms with E-state index >= 15 is 0 Å². The maximum atomic E-state index is 13.2. The summed E-state index contributed by atoms with van der Waals surface area (Å²) in [5.74, 6) is 0. The number of benzene rings is 3. The molecule has 2 heterocycles. The molecular formula is C30H26N2O6S2. The quantitative estimate of drug-likeness (QED) is 0.176. The van der Waals surface area contributed by atoms with Crippen LogP contribution in [-0.2, 0) is 26.7 Å². The molecule has 0 amide bonds. The van der Waals surface area contributed by atoms with E-state index in [1.165, 1.54) is 6.08 Å². The molecule has 4 aromatic rings. The van der Waals surface area contributed by atoms with E-state index in [2.05, 4.69) is 18.5 Å². The molecule has 1 aliphatic heterocycles. The minimum absolute atomic E-state index is 0.0759. The Morgan fingerprint density at radius 3 is 2.02 bits per heavy atom. The third kappa shape index (κ3) is 4.54. The van der Waals surface area contributed by atoms with E-state index in [0.29, 0.717) is 45.3 Å². The molecule has 3 N–H and O–H groups in total. The van der Waals surface area contributed by atoms with Crippen LogP contribution in [-0.4, -0.2) is 35.8 Å². The van der Waals surface area contributed by atoms with Crippen molar-refractivity contribution < 1.29 is 25.9 Å². The fourth-order valence-corrected chi connectivity index (χ4v) is 7.78. The fraction of sp³-hybridized carbons (Fsp3) is 0.100. The van der Waals surface area contributed by atoms with Gasteiger partial charge in [-0.25, -0.2) is 0 Å². The highest BCUT2D eigenvalue weighted by Gasteiger charge is 2.55. The molecule has 3 aromatic carbocycles. The topological polar surface area (TPSA) is 134 Å². The fourth-order valence-electron chi connectivity index (χ4n) is 5.22. The Balaban J connectivity index is 2.11. The lowest BCUT2D eigenvalue weighted by Gasteiger charge is -2.40. The summed E-state index contributed by atoms with van der Waals surface area (Å²) in [6, 6.07) is 22.9. The Morgan fingerprint density at radius 1 is 0.850 bits per heavy atom. The van der Waals surface area contributed by atoms with Gasteiger partial charge in [-0.05, 0) is 28.8 Å². The third-order valence-electron chi connectivity index (χ3n) is 6.84. The first-order chi connectivity index (χ1) is 19.0. The monoisotopic (exact) mass is 574 g/mol. The molecule has 5 rings (SSSR count). The van der Waals surface area contributed by atoms with Crippen LogP contribution in [0.4, 0.5) is 5.69 Å². The van der Waals surface area contributed by atoms with Crippen molar-refractivity contribution in [2.45, 2.75) is 17.7 Å². The van der Waals surface area contributed by atoms with E-state index in [9.17, 15) is 25.9 Å². The molecule has 10 heteroatoms. The predicted octanol–water partition coefficient (Wildman–Crippen LogP) is 5.86. The highest BCUT2D eigenvalue weighted by molar-refractivity contribution is 7.94. The van der Waals surface area contributed by atoms with Crippen molar-refractivity contribution in [3.8, 4) is 11.1 Å². The Bertz CT molecular complexity index is 1900. The van der Waals surface area contributed by atoms with Crippen LogP contribution in [0.3, 0.4) is 0 Å². The number of anilines is 1. The molecule has 204 valence electrons. The van der Waals surface area contributed by atoms with E-state index in [1.54, 1.807) is 36.4 Å². The van der Waals surface area contributed by atoms with Gasteiger partial charge in [0.1, 0.15) is 4.91 Å². The summed E-state index contributed by atoms with van der Waals surface area (Å²) in [6.45, 7) is 7.37. The van der Waals surface area contributed by atoms with Crippen molar-refractivity contribution in [1.29, 1.82) is 0 Å². The van der Waals surface area contributed by atoms with Gasteiger partial charge in [-0.15, -0.1) is 13.2 Å². The summed E-state index contributed by atoms with van der Waals surface area (Å²) in [5, 5.41) is 3.48. The first-order valence-electron chi connectivity index (χ1n) is 12.3. The summed E-state index contributed by atoms with van der Waals surface area (Å²) < 4.78 is 74.1.